The quantitative estimate of drug-likeness (QED) is 0.785. The number of aromatic nitrogens is 4. The number of rotatable bonds is 1. The minimum absolute atomic E-state index is 0.214. The van der Waals surface area contributed by atoms with Gasteiger partial charge in [0.2, 0.25) is 5.65 Å². The number of hydrogen-bond acceptors (Lipinski definition) is 4. The molecule has 2 aromatic heterocycles. The second kappa shape index (κ2) is 3.87. The monoisotopic (exact) mass is 233 g/mol. The highest BCUT2D eigenvalue weighted by Crippen LogP contribution is 2.22. The standard InChI is InChI=1S/C11H15N5O/c1-8-3-2-5-15(7-8)9-10-13-14-11(17)16(10)6-4-12-9/h4,6,8H,2-3,5,7H2,1H3,(H,14,17)/t8-/m1/s1. The summed E-state index contributed by atoms with van der Waals surface area (Å²) >= 11 is 0. The Morgan fingerprint density at radius 3 is 3.24 bits per heavy atom. The number of anilines is 1. The van der Waals surface area contributed by atoms with Gasteiger partial charge in [-0.05, 0) is 18.8 Å². The van der Waals surface area contributed by atoms with Gasteiger partial charge in [-0.25, -0.2) is 19.3 Å². The summed E-state index contributed by atoms with van der Waals surface area (Å²) in [5.41, 5.74) is 0.403. The summed E-state index contributed by atoms with van der Waals surface area (Å²) in [6, 6.07) is 0. The molecule has 2 aromatic rings. The summed E-state index contributed by atoms with van der Waals surface area (Å²) in [7, 11) is 0. The molecule has 1 fully saturated rings. The zero-order valence-corrected chi connectivity index (χ0v) is 9.76. The van der Waals surface area contributed by atoms with Crippen LogP contribution in [0.2, 0.25) is 0 Å². The smallest absolute Gasteiger partial charge is 0.347 e. The molecule has 1 N–H and O–H groups in total. The van der Waals surface area contributed by atoms with Gasteiger partial charge in [-0.3, -0.25) is 0 Å². The van der Waals surface area contributed by atoms with Crippen LogP contribution in [0.1, 0.15) is 19.8 Å². The van der Waals surface area contributed by atoms with E-state index in [1.807, 2.05) is 0 Å². The molecule has 1 saturated heterocycles. The van der Waals surface area contributed by atoms with Crippen molar-refractivity contribution in [1.29, 1.82) is 0 Å². The average molecular weight is 233 g/mol. The minimum atomic E-state index is -0.214. The molecule has 0 bridgehead atoms. The Morgan fingerprint density at radius 1 is 1.53 bits per heavy atom. The van der Waals surface area contributed by atoms with Gasteiger partial charge >= 0.3 is 5.69 Å². The molecule has 0 saturated carbocycles. The fraction of sp³-hybridized carbons (Fsp3) is 0.545. The minimum Gasteiger partial charge on any atom is -0.353 e. The maximum atomic E-state index is 11.5. The molecule has 3 heterocycles. The summed E-state index contributed by atoms with van der Waals surface area (Å²) in [5.74, 6) is 1.47. The molecule has 6 heteroatoms. The maximum absolute atomic E-state index is 11.5. The predicted octanol–water partition coefficient (Wildman–Crippen LogP) is 0.654. The van der Waals surface area contributed by atoms with Crippen LogP contribution < -0.4 is 10.6 Å². The van der Waals surface area contributed by atoms with Crippen LogP contribution in [0.3, 0.4) is 0 Å². The lowest BCUT2D eigenvalue weighted by Gasteiger charge is -2.31. The van der Waals surface area contributed by atoms with E-state index in [4.69, 9.17) is 0 Å². The third-order valence-corrected chi connectivity index (χ3v) is 3.27. The first-order valence-electron chi connectivity index (χ1n) is 5.92. The SMILES string of the molecule is C[C@@H]1CCCN(c2nccn3c(=O)[nH]nc23)C1. The molecule has 0 spiro atoms. The Morgan fingerprint density at radius 2 is 2.41 bits per heavy atom. The lowest BCUT2D eigenvalue weighted by molar-refractivity contribution is 0.445. The summed E-state index contributed by atoms with van der Waals surface area (Å²) in [5, 5.41) is 6.50. The Labute approximate surface area is 98.3 Å². The van der Waals surface area contributed by atoms with Gasteiger partial charge in [-0.2, -0.15) is 0 Å². The third-order valence-electron chi connectivity index (χ3n) is 3.27. The summed E-state index contributed by atoms with van der Waals surface area (Å²) in [4.78, 5) is 18.1. The van der Waals surface area contributed by atoms with Crippen LogP contribution in [0.15, 0.2) is 17.2 Å². The van der Waals surface area contributed by atoms with E-state index < -0.39 is 0 Å². The van der Waals surface area contributed by atoms with Crippen molar-refractivity contribution in [2.75, 3.05) is 18.0 Å². The Kier molecular flexibility index (Phi) is 2.35. The average Bonchev–Trinajstić information content (AvgIpc) is 2.71. The van der Waals surface area contributed by atoms with Crippen molar-refractivity contribution in [3.05, 3.63) is 22.9 Å². The van der Waals surface area contributed by atoms with Crippen LogP contribution in [0, 0.1) is 5.92 Å². The third kappa shape index (κ3) is 1.69. The van der Waals surface area contributed by atoms with E-state index in [2.05, 4.69) is 27.0 Å². The lowest BCUT2D eigenvalue weighted by Crippen LogP contribution is -2.35. The van der Waals surface area contributed by atoms with Crippen LogP contribution in [-0.4, -0.2) is 32.7 Å². The van der Waals surface area contributed by atoms with E-state index in [-0.39, 0.29) is 5.69 Å². The Balaban J connectivity index is 2.07. The molecule has 0 aromatic carbocycles. The summed E-state index contributed by atoms with van der Waals surface area (Å²) in [6.07, 6.45) is 5.71. The van der Waals surface area contributed by atoms with Crippen LogP contribution in [0.5, 0.6) is 0 Å². The maximum Gasteiger partial charge on any atom is 0.347 e. The largest absolute Gasteiger partial charge is 0.353 e. The fourth-order valence-electron chi connectivity index (χ4n) is 2.43. The van der Waals surface area contributed by atoms with Crippen LogP contribution in [0.4, 0.5) is 5.82 Å². The predicted molar refractivity (Wildman–Crippen MR) is 64.2 cm³/mol. The molecule has 6 nitrogen and oxygen atoms in total. The van der Waals surface area contributed by atoms with Crippen molar-refractivity contribution in [3.63, 3.8) is 0 Å². The van der Waals surface area contributed by atoms with E-state index in [1.165, 1.54) is 17.2 Å². The van der Waals surface area contributed by atoms with Gasteiger partial charge in [0.05, 0.1) is 0 Å². The number of nitrogens with one attached hydrogen (secondary N) is 1. The second-order valence-electron chi connectivity index (χ2n) is 4.67. The molecular formula is C11H15N5O. The first kappa shape index (κ1) is 10.3. The lowest BCUT2D eigenvalue weighted by atomic mass is 10.0. The van der Waals surface area contributed by atoms with Crippen LogP contribution in [0.25, 0.3) is 5.65 Å². The van der Waals surface area contributed by atoms with Crippen molar-refractivity contribution >= 4 is 11.5 Å². The van der Waals surface area contributed by atoms with E-state index in [0.29, 0.717) is 11.6 Å². The van der Waals surface area contributed by atoms with Crippen LogP contribution >= 0.6 is 0 Å². The number of fused-ring (bicyclic) bond motifs is 1. The number of hydrogen-bond donors (Lipinski definition) is 1. The first-order chi connectivity index (χ1) is 8.25. The summed E-state index contributed by atoms with van der Waals surface area (Å²) in [6.45, 7) is 4.20. The Hall–Kier alpha value is -1.85. The highest BCUT2D eigenvalue weighted by molar-refractivity contribution is 5.63. The number of aromatic amines is 1. The van der Waals surface area contributed by atoms with E-state index in [0.717, 1.165) is 18.9 Å². The van der Waals surface area contributed by atoms with Gasteiger partial charge in [0.25, 0.3) is 0 Å². The molecule has 0 radical (unpaired) electrons. The van der Waals surface area contributed by atoms with Gasteiger partial charge in [-0.1, -0.05) is 6.92 Å². The highest BCUT2D eigenvalue weighted by Gasteiger charge is 2.20. The van der Waals surface area contributed by atoms with Gasteiger partial charge in [0.1, 0.15) is 0 Å². The van der Waals surface area contributed by atoms with Crippen LogP contribution in [-0.2, 0) is 0 Å². The molecule has 0 aliphatic carbocycles. The van der Waals surface area contributed by atoms with Crippen molar-refractivity contribution < 1.29 is 0 Å². The fourth-order valence-corrected chi connectivity index (χ4v) is 2.43. The van der Waals surface area contributed by atoms with Gasteiger partial charge < -0.3 is 4.90 Å². The molecule has 1 atom stereocenters. The van der Waals surface area contributed by atoms with Gasteiger partial charge in [0, 0.05) is 25.5 Å². The zero-order valence-electron chi connectivity index (χ0n) is 9.76. The first-order valence-corrected chi connectivity index (χ1v) is 5.92. The molecule has 1 aliphatic rings. The van der Waals surface area contributed by atoms with Crippen molar-refractivity contribution in [2.24, 2.45) is 5.92 Å². The zero-order chi connectivity index (χ0) is 11.8. The van der Waals surface area contributed by atoms with E-state index in [9.17, 15) is 4.79 Å². The number of nitrogens with zero attached hydrogens (tertiary/aromatic N) is 4. The molecule has 0 unspecified atom stereocenters. The number of piperidine rings is 1. The topological polar surface area (TPSA) is 66.3 Å². The highest BCUT2D eigenvalue weighted by atomic mass is 16.1. The second-order valence-corrected chi connectivity index (χ2v) is 4.67. The molecule has 17 heavy (non-hydrogen) atoms. The van der Waals surface area contributed by atoms with Gasteiger partial charge in [-0.15, -0.1) is 5.10 Å². The molecule has 0 amide bonds. The van der Waals surface area contributed by atoms with E-state index >= 15 is 0 Å². The normalized spacial score (nSPS) is 21.0. The van der Waals surface area contributed by atoms with Crippen molar-refractivity contribution in [3.8, 4) is 0 Å². The molecular weight excluding hydrogens is 218 g/mol. The van der Waals surface area contributed by atoms with E-state index in [1.54, 1.807) is 12.4 Å². The summed E-state index contributed by atoms with van der Waals surface area (Å²) < 4.78 is 1.50. The Bertz CT molecular complexity index is 587. The van der Waals surface area contributed by atoms with Gasteiger partial charge in [0.15, 0.2) is 5.82 Å². The molecule has 90 valence electrons. The molecule has 1 aliphatic heterocycles. The molecule has 3 rings (SSSR count). The number of H-pyrrole nitrogens is 1. The van der Waals surface area contributed by atoms with Crippen molar-refractivity contribution in [1.82, 2.24) is 19.6 Å². The van der Waals surface area contributed by atoms with Crippen molar-refractivity contribution in [2.45, 2.75) is 19.8 Å².